The number of carbonyl (C=O) groups excluding carboxylic acids is 2. The number of carbonyl (C=O) groups is 2. The molecule has 0 bridgehead atoms. The molecular formula is C23H21ClN4O4S. The van der Waals surface area contributed by atoms with Crippen molar-refractivity contribution in [1.29, 1.82) is 0 Å². The molecule has 3 heterocycles. The van der Waals surface area contributed by atoms with Gasteiger partial charge in [0.05, 0.1) is 17.7 Å². The maximum absolute atomic E-state index is 12.9. The van der Waals surface area contributed by atoms with E-state index in [4.69, 9.17) is 20.8 Å². The van der Waals surface area contributed by atoms with Gasteiger partial charge in [-0.05, 0) is 49.7 Å². The van der Waals surface area contributed by atoms with Crippen LogP contribution in [0.2, 0.25) is 5.02 Å². The number of amides is 1. The smallest absolute Gasteiger partial charge is 0.316 e. The monoisotopic (exact) mass is 484 g/mol. The van der Waals surface area contributed by atoms with Crippen molar-refractivity contribution in [1.82, 2.24) is 15.0 Å². The number of benzene rings is 1. The molecule has 3 aromatic rings. The van der Waals surface area contributed by atoms with Gasteiger partial charge in [0, 0.05) is 22.8 Å². The third-order valence-electron chi connectivity index (χ3n) is 4.85. The minimum atomic E-state index is -0.535. The molecule has 1 atom stereocenters. The van der Waals surface area contributed by atoms with Crippen molar-refractivity contribution in [2.45, 2.75) is 31.5 Å². The number of nitrogens with zero attached hydrogens (tertiary/aromatic N) is 4. The minimum absolute atomic E-state index is 0.00290. The molecule has 0 fully saturated rings. The molecule has 0 unspecified atom stereocenters. The number of hydrogen-bond acceptors (Lipinski definition) is 8. The molecule has 0 aliphatic carbocycles. The molecule has 1 amide bonds. The topological polar surface area (TPSA) is 97.9 Å². The van der Waals surface area contributed by atoms with Gasteiger partial charge in [-0.3, -0.25) is 9.59 Å². The van der Waals surface area contributed by atoms with Crippen molar-refractivity contribution in [3.63, 3.8) is 0 Å². The number of halogens is 1. The number of thioether (sulfide) groups is 1. The summed E-state index contributed by atoms with van der Waals surface area (Å²) >= 11 is 7.14. The van der Waals surface area contributed by atoms with E-state index in [1.807, 2.05) is 32.0 Å². The van der Waals surface area contributed by atoms with Crippen LogP contribution < -0.4 is 0 Å². The lowest BCUT2D eigenvalue weighted by Crippen LogP contribution is -2.31. The van der Waals surface area contributed by atoms with Crippen LogP contribution in [0.4, 0.5) is 0 Å². The summed E-state index contributed by atoms with van der Waals surface area (Å²) in [6, 6.07) is 12.2. The first-order chi connectivity index (χ1) is 15.9. The van der Waals surface area contributed by atoms with Gasteiger partial charge in [0.15, 0.2) is 11.8 Å². The Morgan fingerprint density at radius 1 is 1.18 bits per heavy atom. The Balaban J connectivity index is 1.40. The predicted octanol–water partition coefficient (Wildman–Crippen LogP) is 4.35. The van der Waals surface area contributed by atoms with Crippen LogP contribution in [0.1, 0.15) is 35.2 Å². The molecule has 1 aromatic carbocycles. The Morgan fingerprint density at radius 2 is 1.91 bits per heavy atom. The third kappa shape index (κ3) is 5.80. The van der Waals surface area contributed by atoms with Gasteiger partial charge in [-0.2, -0.15) is 5.10 Å². The third-order valence-corrected chi connectivity index (χ3v) is 5.93. The molecule has 1 aliphatic heterocycles. The number of hydrazone groups is 1. The average Bonchev–Trinajstić information content (AvgIpc) is 3.46. The molecule has 4 rings (SSSR count). The van der Waals surface area contributed by atoms with E-state index in [-0.39, 0.29) is 5.75 Å². The second-order valence-electron chi connectivity index (χ2n) is 7.41. The van der Waals surface area contributed by atoms with E-state index >= 15 is 0 Å². The van der Waals surface area contributed by atoms with Crippen molar-refractivity contribution in [2.75, 3.05) is 12.4 Å². The fourth-order valence-corrected chi connectivity index (χ4v) is 4.26. The maximum Gasteiger partial charge on any atom is 0.316 e. The summed E-state index contributed by atoms with van der Waals surface area (Å²) in [7, 11) is 0. The summed E-state index contributed by atoms with van der Waals surface area (Å²) in [5.41, 5.74) is 3.21. The number of furan rings is 1. The van der Waals surface area contributed by atoms with Gasteiger partial charge < -0.3 is 9.15 Å². The SMILES string of the molecule is Cc1cc(C)nc(SCC(=O)OCC(=O)N2N=C(c3ccc(Cl)cc3)C[C@H]2c2ccco2)n1. The van der Waals surface area contributed by atoms with E-state index in [1.54, 1.807) is 30.5 Å². The molecule has 2 aromatic heterocycles. The van der Waals surface area contributed by atoms with Crippen molar-refractivity contribution in [3.8, 4) is 0 Å². The summed E-state index contributed by atoms with van der Waals surface area (Å²) in [5, 5.41) is 6.92. The first-order valence-corrected chi connectivity index (χ1v) is 11.5. The Morgan fingerprint density at radius 3 is 2.58 bits per heavy atom. The Labute approximate surface area is 200 Å². The van der Waals surface area contributed by atoms with Gasteiger partial charge in [-0.25, -0.2) is 15.0 Å². The van der Waals surface area contributed by atoms with E-state index < -0.39 is 24.5 Å². The summed E-state index contributed by atoms with van der Waals surface area (Å²) in [5.74, 6) is -0.380. The van der Waals surface area contributed by atoms with Crippen molar-refractivity contribution in [3.05, 3.63) is 76.5 Å². The Hall–Kier alpha value is -3.17. The molecule has 8 nitrogen and oxygen atoms in total. The lowest BCUT2D eigenvalue weighted by atomic mass is 10.0. The number of hydrogen-bond donors (Lipinski definition) is 0. The zero-order valence-corrected chi connectivity index (χ0v) is 19.6. The second kappa shape index (κ2) is 10.2. The summed E-state index contributed by atoms with van der Waals surface area (Å²) in [6.45, 7) is 3.29. The van der Waals surface area contributed by atoms with Crippen LogP contribution in [0.3, 0.4) is 0 Å². The predicted molar refractivity (Wildman–Crippen MR) is 124 cm³/mol. The molecule has 0 saturated carbocycles. The number of aryl methyl sites for hydroxylation is 2. The molecule has 1 aliphatic rings. The molecule has 170 valence electrons. The standard InChI is InChI=1S/C23H21ClN4O4S/c1-14-10-15(2)26-23(25-14)33-13-22(30)32-12-21(29)28-19(20-4-3-9-31-20)11-18(27-28)16-5-7-17(24)8-6-16/h3-10,19H,11-13H2,1-2H3/t19-/m0/s1. The van der Waals surface area contributed by atoms with Crippen molar-refractivity contribution < 1.29 is 18.7 Å². The van der Waals surface area contributed by atoms with E-state index in [0.29, 0.717) is 22.4 Å². The quantitative estimate of drug-likeness (QED) is 0.279. The number of esters is 1. The highest BCUT2D eigenvalue weighted by Gasteiger charge is 2.35. The largest absolute Gasteiger partial charge is 0.467 e. The Kier molecular flexibility index (Phi) is 7.10. The number of ether oxygens (including phenoxy) is 1. The first kappa shape index (κ1) is 23.0. The highest BCUT2D eigenvalue weighted by Crippen LogP contribution is 2.33. The number of rotatable bonds is 7. The van der Waals surface area contributed by atoms with Gasteiger partial charge in [-0.15, -0.1) is 0 Å². The molecule has 0 spiro atoms. The fraction of sp³-hybridized carbons (Fsp3) is 0.261. The van der Waals surface area contributed by atoms with Gasteiger partial charge in [0.2, 0.25) is 0 Å². The summed E-state index contributed by atoms with van der Waals surface area (Å²) in [4.78, 5) is 33.6. The molecular weight excluding hydrogens is 464 g/mol. The molecule has 0 radical (unpaired) electrons. The van der Waals surface area contributed by atoms with E-state index in [0.717, 1.165) is 34.4 Å². The van der Waals surface area contributed by atoms with E-state index in [1.165, 1.54) is 5.01 Å². The highest BCUT2D eigenvalue weighted by atomic mass is 35.5. The lowest BCUT2D eigenvalue weighted by Gasteiger charge is -2.19. The molecule has 0 saturated heterocycles. The number of aromatic nitrogens is 2. The highest BCUT2D eigenvalue weighted by molar-refractivity contribution is 7.99. The van der Waals surface area contributed by atoms with Gasteiger partial charge in [0.1, 0.15) is 11.8 Å². The molecule has 33 heavy (non-hydrogen) atoms. The average molecular weight is 485 g/mol. The summed E-state index contributed by atoms with van der Waals surface area (Å²) < 4.78 is 10.7. The van der Waals surface area contributed by atoms with Crippen LogP contribution in [0.5, 0.6) is 0 Å². The maximum atomic E-state index is 12.9. The molecule has 0 N–H and O–H groups in total. The van der Waals surface area contributed by atoms with Crippen LogP contribution in [0.25, 0.3) is 0 Å². The molecule has 10 heteroatoms. The van der Waals surface area contributed by atoms with Gasteiger partial charge >= 0.3 is 5.97 Å². The van der Waals surface area contributed by atoms with Crippen LogP contribution in [-0.4, -0.2) is 44.9 Å². The normalized spacial score (nSPS) is 15.4. The van der Waals surface area contributed by atoms with Gasteiger partial charge in [0.25, 0.3) is 5.91 Å². The Bertz CT molecular complexity index is 1160. The lowest BCUT2D eigenvalue weighted by molar-refractivity contribution is -0.150. The zero-order valence-electron chi connectivity index (χ0n) is 18.0. The summed E-state index contributed by atoms with van der Waals surface area (Å²) in [6.07, 6.45) is 2.01. The minimum Gasteiger partial charge on any atom is -0.467 e. The van der Waals surface area contributed by atoms with Gasteiger partial charge in [-0.1, -0.05) is 35.5 Å². The second-order valence-corrected chi connectivity index (χ2v) is 8.79. The van der Waals surface area contributed by atoms with E-state index in [2.05, 4.69) is 15.1 Å². The van der Waals surface area contributed by atoms with Crippen LogP contribution in [-0.2, 0) is 14.3 Å². The van der Waals surface area contributed by atoms with Crippen molar-refractivity contribution >= 4 is 41.0 Å². The first-order valence-electron chi connectivity index (χ1n) is 10.2. The van der Waals surface area contributed by atoms with Crippen LogP contribution in [0.15, 0.2) is 63.4 Å². The van der Waals surface area contributed by atoms with Crippen molar-refractivity contribution in [2.24, 2.45) is 5.10 Å². The zero-order chi connectivity index (χ0) is 23.4. The fourth-order valence-electron chi connectivity index (χ4n) is 3.39. The van der Waals surface area contributed by atoms with Crippen LogP contribution >= 0.6 is 23.4 Å². The van der Waals surface area contributed by atoms with E-state index in [9.17, 15) is 9.59 Å². The van der Waals surface area contributed by atoms with Crippen LogP contribution in [0, 0.1) is 13.8 Å².